The van der Waals surface area contributed by atoms with Crippen LogP contribution in [0.2, 0.25) is 0 Å². The van der Waals surface area contributed by atoms with Crippen LogP contribution in [0.25, 0.3) is 31.9 Å². The predicted octanol–water partition coefficient (Wildman–Crippen LogP) is 4.41. The molecular formula is C18H13NO4S. The first-order chi connectivity index (χ1) is 11.6. The number of aromatic nitrogens is 1. The van der Waals surface area contributed by atoms with Crippen molar-refractivity contribution in [3.8, 4) is 0 Å². The number of benzene rings is 2. The second-order valence-corrected chi connectivity index (χ2v) is 6.45. The smallest absolute Gasteiger partial charge is 0.348 e. The van der Waals surface area contributed by atoms with Gasteiger partial charge in [-0.3, -0.25) is 0 Å². The van der Waals surface area contributed by atoms with Gasteiger partial charge in [-0.1, -0.05) is 18.2 Å². The Labute approximate surface area is 140 Å². The zero-order valence-corrected chi connectivity index (χ0v) is 13.6. The second-order valence-electron chi connectivity index (χ2n) is 5.40. The molecule has 0 unspecified atom stereocenters. The third kappa shape index (κ3) is 2.07. The number of rotatable bonds is 3. The summed E-state index contributed by atoms with van der Waals surface area (Å²) in [4.78, 5) is 27.5. The van der Waals surface area contributed by atoms with Crippen molar-refractivity contribution in [3.63, 3.8) is 0 Å². The number of ether oxygens (including phenoxy) is 1. The molecule has 24 heavy (non-hydrogen) atoms. The van der Waals surface area contributed by atoms with Crippen molar-refractivity contribution < 1.29 is 19.4 Å². The molecular weight excluding hydrogens is 326 g/mol. The maximum atomic E-state index is 12.0. The number of H-pyrrole nitrogens is 1. The van der Waals surface area contributed by atoms with Crippen LogP contribution >= 0.6 is 11.3 Å². The van der Waals surface area contributed by atoms with Gasteiger partial charge < -0.3 is 14.8 Å². The number of aromatic carboxylic acids is 1. The van der Waals surface area contributed by atoms with E-state index in [1.54, 1.807) is 13.0 Å². The lowest BCUT2D eigenvalue weighted by molar-refractivity contribution is 0.0531. The Morgan fingerprint density at radius 3 is 2.75 bits per heavy atom. The van der Waals surface area contributed by atoms with Gasteiger partial charge in [-0.05, 0) is 30.5 Å². The lowest BCUT2D eigenvalue weighted by Crippen LogP contribution is -2.01. The minimum Gasteiger partial charge on any atom is -0.478 e. The van der Waals surface area contributed by atoms with Gasteiger partial charge in [0.25, 0.3) is 0 Å². The molecule has 0 bridgehead atoms. The Morgan fingerprint density at radius 2 is 2.00 bits per heavy atom. The topological polar surface area (TPSA) is 79.4 Å². The number of hydrogen-bond donors (Lipinski definition) is 2. The van der Waals surface area contributed by atoms with Crippen molar-refractivity contribution in [2.24, 2.45) is 0 Å². The molecule has 0 amide bonds. The molecule has 2 aromatic heterocycles. The van der Waals surface area contributed by atoms with E-state index in [2.05, 4.69) is 4.98 Å². The number of carbonyl (C=O) groups is 2. The van der Waals surface area contributed by atoms with Gasteiger partial charge >= 0.3 is 11.9 Å². The lowest BCUT2D eigenvalue weighted by atomic mass is 10.1. The molecule has 4 rings (SSSR count). The van der Waals surface area contributed by atoms with Gasteiger partial charge in [-0.15, -0.1) is 11.3 Å². The van der Waals surface area contributed by atoms with Crippen LogP contribution in [0.15, 0.2) is 36.4 Å². The molecule has 0 atom stereocenters. The molecule has 0 spiro atoms. The van der Waals surface area contributed by atoms with Crippen LogP contribution in [0, 0.1) is 0 Å². The first-order valence-corrected chi connectivity index (χ1v) is 8.29. The van der Waals surface area contributed by atoms with Crippen molar-refractivity contribution in [1.29, 1.82) is 0 Å². The first-order valence-electron chi connectivity index (χ1n) is 7.47. The van der Waals surface area contributed by atoms with Gasteiger partial charge in [0, 0.05) is 16.3 Å². The summed E-state index contributed by atoms with van der Waals surface area (Å²) in [6, 6.07) is 11.3. The van der Waals surface area contributed by atoms with E-state index in [4.69, 9.17) is 4.74 Å². The quantitative estimate of drug-likeness (QED) is 0.542. The van der Waals surface area contributed by atoms with Crippen molar-refractivity contribution >= 4 is 55.2 Å². The fourth-order valence-corrected chi connectivity index (χ4v) is 4.07. The monoisotopic (exact) mass is 339 g/mol. The van der Waals surface area contributed by atoms with Gasteiger partial charge in [0.05, 0.1) is 16.8 Å². The standard InChI is InChI=1S/C18H13NO4S/c1-2-23-18(22)13-8-9-7-11-10-5-3-4-6-12(10)19-15(11)14(17(20)21)16(9)24-13/h3-8,19H,2H2,1H3,(H,20,21). The molecule has 120 valence electrons. The molecule has 2 N–H and O–H groups in total. The number of carboxylic acid groups (broad SMARTS) is 1. The van der Waals surface area contributed by atoms with Crippen LogP contribution in [-0.4, -0.2) is 28.6 Å². The molecule has 4 aromatic rings. The van der Waals surface area contributed by atoms with E-state index >= 15 is 0 Å². The highest BCUT2D eigenvalue weighted by Gasteiger charge is 2.21. The van der Waals surface area contributed by atoms with Crippen molar-refractivity contribution in [2.75, 3.05) is 6.61 Å². The molecule has 0 saturated carbocycles. The number of carboxylic acids is 1. The average Bonchev–Trinajstić information content (AvgIpc) is 3.13. The van der Waals surface area contributed by atoms with E-state index in [0.717, 1.165) is 33.0 Å². The fraction of sp³-hybridized carbons (Fsp3) is 0.111. The number of hydrogen-bond acceptors (Lipinski definition) is 4. The van der Waals surface area contributed by atoms with Gasteiger partial charge in [-0.2, -0.15) is 0 Å². The second kappa shape index (κ2) is 5.35. The van der Waals surface area contributed by atoms with Crippen molar-refractivity contribution in [2.45, 2.75) is 6.92 Å². The Balaban J connectivity index is 2.10. The molecule has 0 aliphatic rings. The highest BCUT2D eigenvalue weighted by Crippen LogP contribution is 2.37. The molecule has 6 heteroatoms. The number of aromatic amines is 1. The first kappa shape index (κ1) is 14.7. The SMILES string of the molecule is CCOC(=O)c1cc2cc3c([nH]c4ccccc43)c(C(=O)O)c2s1. The third-order valence-electron chi connectivity index (χ3n) is 3.97. The number of esters is 1. The van der Waals surface area contributed by atoms with E-state index < -0.39 is 11.9 Å². The van der Waals surface area contributed by atoms with E-state index in [1.165, 1.54) is 0 Å². The molecule has 0 radical (unpaired) electrons. The summed E-state index contributed by atoms with van der Waals surface area (Å²) in [5.74, 6) is -1.45. The highest BCUT2D eigenvalue weighted by atomic mass is 32.1. The van der Waals surface area contributed by atoms with Crippen LogP contribution < -0.4 is 0 Å². The maximum absolute atomic E-state index is 12.0. The Hall–Kier alpha value is -2.86. The van der Waals surface area contributed by atoms with Crippen molar-refractivity contribution in [1.82, 2.24) is 4.98 Å². The molecule has 0 aliphatic carbocycles. The number of fused-ring (bicyclic) bond motifs is 4. The number of para-hydroxylation sites is 1. The maximum Gasteiger partial charge on any atom is 0.348 e. The minimum absolute atomic E-state index is 0.194. The summed E-state index contributed by atoms with van der Waals surface area (Å²) in [6.45, 7) is 2.02. The zero-order valence-electron chi connectivity index (χ0n) is 12.8. The third-order valence-corrected chi connectivity index (χ3v) is 5.12. The summed E-state index contributed by atoms with van der Waals surface area (Å²) in [6.07, 6.45) is 0. The predicted molar refractivity (Wildman–Crippen MR) is 94.1 cm³/mol. The van der Waals surface area contributed by atoms with Crippen LogP contribution in [0.4, 0.5) is 0 Å². The van der Waals surface area contributed by atoms with E-state index in [9.17, 15) is 14.7 Å². The van der Waals surface area contributed by atoms with E-state index in [0.29, 0.717) is 15.1 Å². The lowest BCUT2D eigenvalue weighted by Gasteiger charge is -2.00. The molecule has 0 aliphatic heterocycles. The molecule has 2 aromatic carbocycles. The minimum atomic E-state index is -1.02. The molecule has 5 nitrogen and oxygen atoms in total. The summed E-state index contributed by atoms with van der Waals surface area (Å²) in [5.41, 5.74) is 1.66. The fourth-order valence-electron chi connectivity index (χ4n) is 2.99. The average molecular weight is 339 g/mol. The van der Waals surface area contributed by atoms with Gasteiger partial charge in [0.2, 0.25) is 0 Å². The number of thiophene rings is 1. The normalized spacial score (nSPS) is 11.4. The molecule has 2 heterocycles. The van der Waals surface area contributed by atoms with Crippen LogP contribution in [0.5, 0.6) is 0 Å². The van der Waals surface area contributed by atoms with Crippen LogP contribution in [0.1, 0.15) is 27.0 Å². The van der Waals surface area contributed by atoms with Gasteiger partial charge in [-0.25, -0.2) is 9.59 Å². The van der Waals surface area contributed by atoms with E-state index in [1.807, 2.05) is 30.3 Å². The molecule has 0 fully saturated rings. The molecule has 0 saturated heterocycles. The van der Waals surface area contributed by atoms with Gasteiger partial charge in [0.15, 0.2) is 0 Å². The van der Waals surface area contributed by atoms with Crippen LogP contribution in [0.3, 0.4) is 0 Å². The summed E-state index contributed by atoms with van der Waals surface area (Å²) < 4.78 is 5.60. The van der Waals surface area contributed by atoms with Crippen molar-refractivity contribution in [3.05, 3.63) is 46.8 Å². The Bertz CT molecular complexity index is 1120. The summed E-state index contributed by atoms with van der Waals surface area (Å²) >= 11 is 1.15. The Kier molecular flexibility index (Phi) is 3.28. The number of nitrogens with one attached hydrogen (secondary N) is 1. The zero-order chi connectivity index (χ0) is 16.8. The summed E-state index contributed by atoms with van der Waals surface area (Å²) in [7, 11) is 0. The van der Waals surface area contributed by atoms with Gasteiger partial charge in [0.1, 0.15) is 10.4 Å². The van der Waals surface area contributed by atoms with E-state index in [-0.39, 0.29) is 12.2 Å². The van der Waals surface area contributed by atoms with Crippen LogP contribution in [-0.2, 0) is 4.74 Å². The largest absolute Gasteiger partial charge is 0.478 e. The highest BCUT2D eigenvalue weighted by molar-refractivity contribution is 7.21. The number of carbonyl (C=O) groups excluding carboxylic acids is 1. The summed E-state index contributed by atoms with van der Waals surface area (Å²) in [5, 5.41) is 12.3. The Morgan fingerprint density at radius 1 is 1.21 bits per heavy atom.